The topological polar surface area (TPSA) is 50.8 Å². The summed E-state index contributed by atoms with van der Waals surface area (Å²) in [5.41, 5.74) is 0.616. The van der Waals surface area contributed by atoms with Crippen LogP contribution in [0.4, 0.5) is 0 Å². The monoisotopic (exact) mass is 288 g/mol. The van der Waals surface area contributed by atoms with E-state index in [9.17, 15) is 4.79 Å². The standard InChI is InChI=1S/C16H20N2O3/c1-2-11-21-15-5-3-14(4-6-15)16(19)17-7-8-18-9-12-20-13-10-18/h1,3-6H,7-13H2,(H,17,19). The number of benzene rings is 1. The predicted octanol–water partition coefficient (Wildman–Crippen LogP) is 0.761. The average Bonchev–Trinajstić information content (AvgIpc) is 2.54. The number of nitrogens with one attached hydrogen (secondary N) is 1. The van der Waals surface area contributed by atoms with Crippen molar-refractivity contribution in [2.75, 3.05) is 46.0 Å². The molecule has 1 N–H and O–H groups in total. The Bertz CT molecular complexity index is 487. The molecule has 0 spiro atoms. The Morgan fingerprint density at radius 2 is 2.05 bits per heavy atom. The highest BCUT2D eigenvalue weighted by atomic mass is 16.5. The first-order chi connectivity index (χ1) is 10.3. The summed E-state index contributed by atoms with van der Waals surface area (Å²) in [7, 11) is 0. The highest BCUT2D eigenvalue weighted by molar-refractivity contribution is 5.94. The lowest BCUT2D eigenvalue weighted by molar-refractivity contribution is 0.0383. The number of hydrogen-bond acceptors (Lipinski definition) is 4. The molecule has 0 radical (unpaired) electrons. The van der Waals surface area contributed by atoms with E-state index >= 15 is 0 Å². The largest absolute Gasteiger partial charge is 0.481 e. The van der Waals surface area contributed by atoms with Crippen LogP contribution in [0.2, 0.25) is 0 Å². The Balaban J connectivity index is 1.73. The smallest absolute Gasteiger partial charge is 0.251 e. The minimum atomic E-state index is -0.0771. The van der Waals surface area contributed by atoms with Gasteiger partial charge in [-0.3, -0.25) is 9.69 Å². The molecule has 0 atom stereocenters. The third-order valence-electron chi connectivity index (χ3n) is 3.26. The van der Waals surface area contributed by atoms with Crippen LogP contribution in [0, 0.1) is 12.3 Å². The summed E-state index contributed by atoms with van der Waals surface area (Å²) in [6.07, 6.45) is 5.12. The van der Waals surface area contributed by atoms with Crippen molar-refractivity contribution < 1.29 is 14.3 Å². The van der Waals surface area contributed by atoms with Gasteiger partial charge in [0.1, 0.15) is 12.4 Å². The van der Waals surface area contributed by atoms with E-state index in [1.165, 1.54) is 0 Å². The molecule has 1 aromatic rings. The summed E-state index contributed by atoms with van der Waals surface area (Å²) in [5.74, 6) is 2.99. The second-order valence-electron chi connectivity index (χ2n) is 4.73. The summed E-state index contributed by atoms with van der Waals surface area (Å²) in [4.78, 5) is 14.3. The number of carbonyl (C=O) groups is 1. The molecule has 1 heterocycles. The molecule has 0 aliphatic carbocycles. The number of carbonyl (C=O) groups excluding carboxylic acids is 1. The van der Waals surface area contributed by atoms with Gasteiger partial charge in [0.25, 0.3) is 5.91 Å². The van der Waals surface area contributed by atoms with E-state index in [4.69, 9.17) is 15.9 Å². The first kappa shape index (κ1) is 15.4. The first-order valence-corrected chi connectivity index (χ1v) is 7.04. The minimum Gasteiger partial charge on any atom is -0.481 e. The third kappa shape index (κ3) is 5.10. The molecule has 2 rings (SSSR count). The van der Waals surface area contributed by atoms with Crippen LogP contribution in [0.3, 0.4) is 0 Å². The van der Waals surface area contributed by atoms with Crippen LogP contribution in [0.5, 0.6) is 5.75 Å². The number of nitrogens with zero attached hydrogens (tertiary/aromatic N) is 1. The van der Waals surface area contributed by atoms with Crippen molar-refractivity contribution in [3.05, 3.63) is 29.8 Å². The van der Waals surface area contributed by atoms with Gasteiger partial charge in [0, 0.05) is 31.7 Å². The molecule has 112 valence electrons. The van der Waals surface area contributed by atoms with Gasteiger partial charge in [-0.25, -0.2) is 0 Å². The van der Waals surface area contributed by atoms with E-state index < -0.39 is 0 Å². The number of terminal acetylenes is 1. The molecule has 0 unspecified atom stereocenters. The van der Waals surface area contributed by atoms with Gasteiger partial charge in [0.15, 0.2) is 0 Å². The van der Waals surface area contributed by atoms with E-state index in [2.05, 4.69) is 16.1 Å². The molecule has 1 aliphatic heterocycles. The zero-order valence-corrected chi connectivity index (χ0v) is 12.0. The van der Waals surface area contributed by atoms with Crippen LogP contribution in [0.1, 0.15) is 10.4 Å². The zero-order chi connectivity index (χ0) is 14.9. The van der Waals surface area contributed by atoms with Gasteiger partial charge in [0.2, 0.25) is 0 Å². The van der Waals surface area contributed by atoms with E-state index in [-0.39, 0.29) is 12.5 Å². The highest BCUT2D eigenvalue weighted by Crippen LogP contribution is 2.11. The molecule has 5 nitrogen and oxygen atoms in total. The third-order valence-corrected chi connectivity index (χ3v) is 3.26. The van der Waals surface area contributed by atoms with E-state index in [1.54, 1.807) is 24.3 Å². The zero-order valence-electron chi connectivity index (χ0n) is 12.0. The lowest BCUT2D eigenvalue weighted by Crippen LogP contribution is -2.41. The maximum atomic E-state index is 12.0. The second-order valence-corrected chi connectivity index (χ2v) is 4.73. The van der Waals surface area contributed by atoms with Crippen LogP contribution in [-0.2, 0) is 4.74 Å². The maximum Gasteiger partial charge on any atom is 0.251 e. The van der Waals surface area contributed by atoms with Crippen molar-refractivity contribution in [1.29, 1.82) is 0 Å². The lowest BCUT2D eigenvalue weighted by atomic mass is 10.2. The molecule has 0 aromatic heterocycles. The number of ether oxygens (including phenoxy) is 2. The van der Waals surface area contributed by atoms with Gasteiger partial charge in [-0.2, -0.15) is 0 Å². The minimum absolute atomic E-state index is 0.0771. The molecule has 0 bridgehead atoms. The molecular formula is C16H20N2O3. The number of hydrogen-bond donors (Lipinski definition) is 1. The molecule has 1 fully saturated rings. The number of rotatable bonds is 6. The van der Waals surface area contributed by atoms with Crippen molar-refractivity contribution in [3.63, 3.8) is 0 Å². The van der Waals surface area contributed by atoms with E-state index in [1.807, 2.05) is 0 Å². The fourth-order valence-corrected chi connectivity index (χ4v) is 2.08. The van der Waals surface area contributed by atoms with Gasteiger partial charge < -0.3 is 14.8 Å². The van der Waals surface area contributed by atoms with Crippen molar-refractivity contribution >= 4 is 5.91 Å². The fraction of sp³-hybridized carbons (Fsp3) is 0.438. The van der Waals surface area contributed by atoms with E-state index in [0.717, 1.165) is 32.8 Å². The maximum absolute atomic E-state index is 12.0. The van der Waals surface area contributed by atoms with Gasteiger partial charge in [-0.15, -0.1) is 6.42 Å². The predicted molar refractivity (Wildman–Crippen MR) is 80.4 cm³/mol. The quantitative estimate of drug-likeness (QED) is 0.785. The molecule has 1 aromatic carbocycles. The Kier molecular flexibility index (Phi) is 6.07. The molecule has 0 saturated carbocycles. The highest BCUT2D eigenvalue weighted by Gasteiger charge is 2.10. The SMILES string of the molecule is C#CCOc1ccc(C(=O)NCCN2CCOCC2)cc1. The summed E-state index contributed by atoms with van der Waals surface area (Å²) in [5, 5.41) is 2.91. The van der Waals surface area contributed by atoms with Crippen LogP contribution >= 0.6 is 0 Å². The Morgan fingerprint density at radius 3 is 2.71 bits per heavy atom. The Labute approximate surface area is 125 Å². The van der Waals surface area contributed by atoms with Gasteiger partial charge in [-0.05, 0) is 24.3 Å². The summed E-state index contributed by atoms with van der Waals surface area (Å²) < 4.78 is 10.5. The van der Waals surface area contributed by atoms with Crippen LogP contribution in [0.25, 0.3) is 0 Å². The number of morpholine rings is 1. The molecule has 1 aliphatic rings. The lowest BCUT2D eigenvalue weighted by Gasteiger charge is -2.26. The molecule has 1 amide bonds. The number of amides is 1. The van der Waals surface area contributed by atoms with Crippen molar-refractivity contribution in [1.82, 2.24) is 10.2 Å². The normalized spacial score (nSPS) is 15.2. The summed E-state index contributed by atoms with van der Waals surface area (Å²) in [6, 6.07) is 6.95. The van der Waals surface area contributed by atoms with Crippen LogP contribution in [-0.4, -0.2) is 56.8 Å². The van der Waals surface area contributed by atoms with Gasteiger partial charge in [0.05, 0.1) is 13.2 Å². The van der Waals surface area contributed by atoms with Gasteiger partial charge in [-0.1, -0.05) is 5.92 Å². The summed E-state index contributed by atoms with van der Waals surface area (Å²) >= 11 is 0. The van der Waals surface area contributed by atoms with Crippen molar-refractivity contribution in [2.24, 2.45) is 0 Å². The molecular weight excluding hydrogens is 268 g/mol. The summed E-state index contributed by atoms with van der Waals surface area (Å²) in [6.45, 7) is 5.10. The van der Waals surface area contributed by atoms with Crippen molar-refractivity contribution in [3.8, 4) is 18.1 Å². The van der Waals surface area contributed by atoms with Crippen LogP contribution < -0.4 is 10.1 Å². The van der Waals surface area contributed by atoms with Crippen LogP contribution in [0.15, 0.2) is 24.3 Å². The first-order valence-electron chi connectivity index (χ1n) is 7.04. The van der Waals surface area contributed by atoms with E-state index in [0.29, 0.717) is 17.9 Å². The molecule has 5 heteroatoms. The van der Waals surface area contributed by atoms with Crippen molar-refractivity contribution in [2.45, 2.75) is 0 Å². The average molecular weight is 288 g/mol. The van der Waals surface area contributed by atoms with Gasteiger partial charge >= 0.3 is 0 Å². The Morgan fingerprint density at radius 1 is 1.33 bits per heavy atom. The Hall–Kier alpha value is -2.03. The molecule has 1 saturated heterocycles. The fourth-order valence-electron chi connectivity index (χ4n) is 2.08. The second kappa shape index (κ2) is 8.30. The molecule has 21 heavy (non-hydrogen) atoms.